The lowest BCUT2D eigenvalue weighted by molar-refractivity contribution is 0.849. The highest BCUT2D eigenvalue weighted by atomic mass is 35.5. The third-order valence-corrected chi connectivity index (χ3v) is 3.70. The van der Waals surface area contributed by atoms with Crippen molar-refractivity contribution in [1.29, 1.82) is 0 Å². The molecule has 2 aromatic rings. The standard InChI is InChI=1S/C13H12ClN3O/c1-8-12(5-15-16-13(8)18)17-6-9-3-2-4-11(14)10(9)7-17/h2-5H,6-7H2,1H3,(H,16,18). The van der Waals surface area contributed by atoms with Crippen molar-refractivity contribution in [2.24, 2.45) is 0 Å². The summed E-state index contributed by atoms with van der Waals surface area (Å²) >= 11 is 6.18. The first kappa shape index (κ1) is 11.3. The van der Waals surface area contributed by atoms with Gasteiger partial charge in [0.25, 0.3) is 5.56 Å². The fraction of sp³-hybridized carbons (Fsp3) is 0.231. The Morgan fingerprint density at radius 2 is 2.22 bits per heavy atom. The maximum atomic E-state index is 11.6. The van der Waals surface area contributed by atoms with Crippen molar-refractivity contribution in [3.05, 3.63) is 56.5 Å². The SMILES string of the molecule is Cc1c(N2Cc3cccc(Cl)c3C2)cn[nH]c1=O. The van der Waals surface area contributed by atoms with Gasteiger partial charge in [0.15, 0.2) is 0 Å². The number of benzene rings is 1. The van der Waals surface area contributed by atoms with E-state index in [0.717, 1.165) is 29.4 Å². The zero-order chi connectivity index (χ0) is 12.7. The Morgan fingerprint density at radius 1 is 1.39 bits per heavy atom. The van der Waals surface area contributed by atoms with Crippen molar-refractivity contribution >= 4 is 17.3 Å². The molecule has 0 amide bonds. The van der Waals surface area contributed by atoms with Crippen molar-refractivity contribution in [3.8, 4) is 0 Å². The summed E-state index contributed by atoms with van der Waals surface area (Å²) in [6, 6.07) is 5.91. The fourth-order valence-electron chi connectivity index (χ4n) is 2.32. The molecule has 5 heteroatoms. The zero-order valence-electron chi connectivity index (χ0n) is 9.90. The number of nitrogens with zero attached hydrogens (tertiary/aromatic N) is 2. The van der Waals surface area contributed by atoms with Gasteiger partial charge >= 0.3 is 0 Å². The lowest BCUT2D eigenvalue weighted by atomic mass is 10.1. The predicted molar refractivity (Wildman–Crippen MR) is 70.9 cm³/mol. The number of aromatic amines is 1. The molecule has 1 aliphatic rings. The number of H-pyrrole nitrogens is 1. The minimum absolute atomic E-state index is 0.144. The van der Waals surface area contributed by atoms with Gasteiger partial charge in [-0.2, -0.15) is 5.10 Å². The highest BCUT2D eigenvalue weighted by Crippen LogP contribution is 2.32. The molecule has 18 heavy (non-hydrogen) atoms. The number of hydrogen-bond acceptors (Lipinski definition) is 3. The second kappa shape index (κ2) is 4.14. The molecule has 3 rings (SSSR count). The Morgan fingerprint density at radius 3 is 3.00 bits per heavy atom. The first-order chi connectivity index (χ1) is 8.66. The predicted octanol–water partition coefficient (Wildman–Crippen LogP) is 2.25. The van der Waals surface area contributed by atoms with Crippen molar-refractivity contribution in [3.63, 3.8) is 0 Å². The van der Waals surface area contributed by atoms with E-state index in [1.54, 1.807) is 13.1 Å². The Balaban J connectivity index is 2.02. The summed E-state index contributed by atoms with van der Waals surface area (Å²) < 4.78 is 0. The molecule has 0 spiro atoms. The number of fused-ring (bicyclic) bond motifs is 1. The molecule has 4 nitrogen and oxygen atoms in total. The molecule has 0 unspecified atom stereocenters. The summed E-state index contributed by atoms with van der Waals surface area (Å²) in [6.45, 7) is 3.29. The normalized spacial score (nSPS) is 13.8. The van der Waals surface area contributed by atoms with E-state index in [-0.39, 0.29) is 5.56 Å². The van der Waals surface area contributed by atoms with Gasteiger partial charge in [0.1, 0.15) is 0 Å². The number of hydrogen-bond donors (Lipinski definition) is 1. The lowest BCUT2D eigenvalue weighted by Gasteiger charge is -2.18. The van der Waals surface area contributed by atoms with E-state index in [1.165, 1.54) is 5.56 Å². The Labute approximate surface area is 109 Å². The first-order valence-corrected chi connectivity index (χ1v) is 6.10. The molecule has 1 N–H and O–H groups in total. The van der Waals surface area contributed by atoms with E-state index in [4.69, 9.17) is 11.6 Å². The fourth-order valence-corrected chi connectivity index (χ4v) is 2.57. The Kier molecular flexibility index (Phi) is 2.59. The molecule has 1 aromatic heterocycles. The lowest BCUT2D eigenvalue weighted by Crippen LogP contribution is -2.21. The summed E-state index contributed by atoms with van der Waals surface area (Å²) in [5.74, 6) is 0. The average Bonchev–Trinajstić information content (AvgIpc) is 2.78. The van der Waals surface area contributed by atoms with Crippen LogP contribution in [0.4, 0.5) is 5.69 Å². The van der Waals surface area contributed by atoms with Gasteiger partial charge in [-0.05, 0) is 24.1 Å². The van der Waals surface area contributed by atoms with Crippen LogP contribution in [0.15, 0.2) is 29.2 Å². The van der Waals surface area contributed by atoms with Gasteiger partial charge in [-0.15, -0.1) is 0 Å². The zero-order valence-corrected chi connectivity index (χ0v) is 10.7. The van der Waals surface area contributed by atoms with Crippen LogP contribution >= 0.6 is 11.6 Å². The summed E-state index contributed by atoms with van der Waals surface area (Å²) in [5.41, 5.74) is 3.76. The summed E-state index contributed by atoms with van der Waals surface area (Å²) in [6.07, 6.45) is 1.69. The van der Waals surface area contributed by atoms with Crippen LogP contribution in [0, 0.1) is 6.92 Å². The van der Waals surface area contributed by atoms with Gasteiger partial charge < -0.3 is 4.90 Å². The van der Waals surface area contributed by atoms with Crippen LogP contribution < -0.4 is 10.5 Å². The second-order valence-corrected chi connectivity index (χ2v) is 4.85. The molecule has 0 aliphatic carbocycles. The van der Waals surface area contributed by atoms with E-state index in [2.05, 4.69) is 21.2 Å². The molecule has 92 valence electrons. The molecule has 0 saturated heterocycles. The molecule has 1 aliphatic heterocycles. The molecule has 2 heterocycles. The monoisotopic (exact) mass is 261 g/mol. The van der Waals surface area contributed by atoms with Gasteiger partial charge in [-0.3, -0.25) is 4.79 Å². The quantitative estimate of drug-likeness (QED) is 0.857. The van der Waals surface area contributed by atoms with Crippen molar-refractivity contribution < 1.29 is 0 Å². The topological polar surface area (TPSA) is 49.0 Å². The van der Waals surface area contributed by atoms with Crippen LogP contribution in [-0.4, -0.2) is 10.2 Å². The summed E-state index contributed by atoms with van der Waals surface area (Å²) in [5, 5.41) is 7.08. The first-order valence-electron chi connectivity index (χ1n) is 5.72. The second-order valence-electron chi connectivity index (χ2n) is 4.44. The average molecular weight is 262 g/mol. The van der Waals surface area contributed by atoms with Crippen LogP contribution in [0.25, 0.3) is 0 Å². The van der Waals surface area contributed by atoms with E-state index < -0.39 is 0 Å². The molecule has 0 saturated carbocycles. The van der Waals surface area contributed by atoms with Gasteiger partial charge in [0.05, 0.1) is 11.9 Å². The Hall–Kier alpha value is -1.81. The Bertz CT molecular complexity index is 666. The van der Waals surface area contributed by atoms with Crippen LogP contribution in [0.2, 0.25) is 5.02 Å². The summed E-state index contributed by atoms with van der Waals surface area (Å²) in [4.78, 5) is 13.7. The van der Waals surface area contributed by atoms with Crippen LogP contribution in [0.3, 0.4) is 0 Å². The van der Waals surface area contributed by atoms with E-state index in [0.29, 0.717) is 5.56 Å². The highest BCUT2D eigenvalue weighted by molar-refractivity contribution is 6.31. The van der Waals surface area contributed by atoms with E-state index in [1.807, 2.05) is 12.1 Å². The van der Waals surface area contributed by atoms with Crippen molar-refractivity contribution in [1.82, 2.24) is 10.2 Å². The van der Waals surface area contributed by atoms with Gasteiger partial charge in [-0.25, -0.2) is 5.10 Å². The molecular formula is C13H12ClN3O. The van der Waals surface area contributed by atoms with Gasteiger partial charge in [-0.1, -0.05) is 23.7 Å². The molecule has 0 fully saturated rings. The number of aromatic nitrogens is 2. The minimum atomic E-state index is -0.144. The van der Waals surface area contributed by atoms with Crippen LogP contribution in [0.5, 0.6) is 0 Å². The molecular weight excluding hydrogens is 250 g/mol. The summed E-state index contributed by atoms with van der Waals surface area (Å²) in [7, 11) is 0. The smallest absolute Gasteiger partial charge is 0.269 e. The molecule has 1 aromatic carbocycles. The third kappa shape index (κ3) is 1.69. The van der Waals surface area contributed by atoms with Crippen LogP contribution in [0.1, 0.15) is 16.7 Å². The highest BCUT2D eigenvalue weighted by Gasteiger charge is 2.23. The number of rotatable bonds is 1. The van der Waals surface area contributed by atoms with Gasteiger partial charge in [0, 0.05) is 23.7 Å². The maximum absolute atomic E-state index is 11.6. The number of anilines is 1. The molecule has 0 atom stereocenters. The number of halogens is 1. The van der Waals surface area contributed by atoms with Crippen molar-refractivity contribution in [2.45, 2.75) is 20.0 Å². The molecule has 0 bridgehead atoms. The van der Waals surface area contributed by atoms with Crippen LogP contribution in [-0.2, 0) is 13.1 Å². The minimum Gasteiger partial charge on any atom is -0.361 e. The van der Waals surface area contributed by atoms with Gasteiger partial charge in [0.2, 0.25) is 0 Å². The maximum Gasteiger partial charge on any atom is 0.269 e. The largest absolute Gasteiger partial charge is 0.361 e. The number of nitrogens with one attached hydrogen (secondary N) is 1. The molecule has 0 radical (unpaired) electrons. The van der Waals surface area contributed by atoms with Crippen molar-refractivity contribution in [2.75, 3.05) is 4.90 Å². The van der Waals surface area contributed by atoms with E-state index >= 15 is 0 Å². The third-order valence-electron chi connectivity index (χ3n) is 3.34. The van der Waals surface area contributed by atoms with E-state index in [9.17, 15) is 4.79 Å².